The first-order valence-corrected chi connectivity index (χ1v) is 8.13. The summed E-state index contributed by atoms with van der Waals surface area (Å²) in [6.07, 6.45) is 6.13. The lowest BCUT2D eigenvalue weighted by atomic mass is 10.2. The molecule has 1 aromatic heterocycles. The van der Waals surface area contributed by atoms with Crippen LogP contribution in [-0.4, -0.2) is 35.9 Å². The van der Waals surface area contributed by atoms with E-state index < -0.39 is 0 Å². The topological polar surface area (TPSA) is 54.2 Å². The number of guanidine groups is 1. The summed E-state index contributed by atoms with van der Waals surface area (Å²) in [5, 5.41) is 11.2. The average Bonchev–Trinajstić information content (AvgIpc) is 2.79. The van der Waals surface area contributed by atoms with Crippen LogP contribution >= 0.6 is 24.0 Å². The Morgan fingerprint density at radius 3 is 2.36 bits per heavy atom. The van der Waals surface area contributed by atoms with Gasteiger partial charge in [-0.25, -0.2) is 0 Å². The summed E-state index contributed by atoms with van der Waals surface area (Å²) in [4.78, 5) is 4.24. The van der Waals surface area contributed by atoms with E-state index in [2.05, 4.69) is 45.3 Å². The van der Waals surface area contributed by atoms with Gasteiger partial charge in [0, 0.05) is 32.4 Å². The molecule has 0 spiro atoms. The minimum absolute atomic E-state index is 0. The molecule has 5 nitrogen and oxygen atoms in total. The molecule has 6 heteroatoms. The van der Waals surface area contributed by atoms with Gasteiger partial charge in [-0.2, -0.15) is 5.10 Å². The molecule has 128 valence electrons. The Balaban J connectivity index is 0.00000441. The molecule has 0 radical (unpaired) electrons. The highest BCUT2D eigenvalue weighted by atomic mass is 127. The van der Waals surface area contributed by atoms with Crippen LogP contribution in [0.2, 0.25) is 0 Å². The summed E-state index contributed by atoms with van der Waals surface area (Å²) in [5.74, 6) is 0.903. The number of hydrogen-bond acceptors (Lipinski definition) is 2. The van der Waals surface area contributed by atoms with Gasteiger partial charge >= 0.3 is 0 Å². The number of unbranched alkanes of at least 4 members (excludes halogenated alkanes) is 3. The molecule has 2 N–H and O–H groups in total. The van der Waals surface area contributed by atoms with E-state index in [0.29, 0.717) is 0 Å². The van der Waals surface area contributed by atoms with Crippen LogP contribution in [0.1, 0.15) is 50.4 Å². The molecule has 0 saturated heterocycles. The Bertz CT molecular complexity index is 428. The SMILES string of the molecule is CCCCCCNC(=NC)NCCCn1nc(C)cc1C.I. The summed E-state index contributed by atoms with van der Waals surface area (Å²) in [6.45, 7) is 9.22. The van der Waals surface area contributed by atoms with Crippen LogP contribution in [-0.2, 0) is 6.54 Å². The van der Waals surface area contributed by atoms with Gasteiger partial charge in [-0.1, -0.05) is 26.2 Å². The number of halogens is 1. The molecule has 0 unspecified atom stereocenters. The number of rotatable bonds is 9. The van der Waals surface area contributed by atoms with Crippen molar-refractivity contribution in [1.29, 1.82) is 0 Å². The maximum absolute atomic E-state index is 4.47. The molecule has 0 atom stereocenters. The fourth-order valence-corrected chi connectivity index (χ4v) is 2.32. The molecule has 22 heavy (non-hydrogen) atoms. The van der Waals surface area contributed by atoms with E-state index in [1.165, 1.54) is 31.4 Å². The van der Waals surface area contributed by atoms with Crippen molar-refractivity contribution in [2.75, 3.05) is 20.1 Å². The molecular formula is C16H32IN5. The number of aryl methyl sites for hydroxylation is 3. The second-order valence-electron chi connectivity index (χ2n) is 5.49. The highest BCUT2D eigenvalue weighted by Gasteiger charge is 2.01. The molecule has 0 aliphatic rings. The van der Waals surface area contributed by atoms with Gasteiger partial charge in [0.25, 0.3) is 0 Å². The third kappa shape index (κ3) is 8.60. The Labute approximate surface area is 152 Å². The Morgan fingerprint density at radius 2 is 1.82 bits per heavy atom. The predicted octanol–water partition coefficient (Wildman–Crippen LogP) is 3.25. The fourth-order valence-electron chi connectivity index (χ4n) is 2.32. The van der Waals surface area contributed by atoms with Gasteiger partial charge in [0.15, 0.2) is 5.96 Å². The molecule has 0 aliphatic carbocycles. The van der Waals surface area contributed by atoms with Crippen molar-refractivity contribution in [3.05, 3.63) is 17.5 Å². The number of nitrogens with zero attached hydrogens (tertiary/aromatic N) is 3. The van der Waals surface area contributed by atoms with Gasteiger partial charge < -0.3 is 10.6 Å². The predicted molar refractivity (Wildman–Crippen MR) is 105 cm³/mol. The molecule has 0 bridgehead atoms. The van der Waals surface area contributed by atoms with Gasteiger partial charge in [-0.05, 0) is 32.8 Å². The van der Waals surface area contributed by atoms with Crippen LogP contribution in [0.5, 0.6) is 0 Å². The first-order chi connectivity index (χ1) is 10.2. The number of hydrogen-bond donors (Lipinski definition) is 2. The van der Waals surface area contributed by atoms with Crippen LogP contribution in [0.4, 0.5) is 0 Å². The van der Waals surface area contributed by atoms with E-state index in [4.69, 9.17) is 0 Å². The monoisotopic (exact) mass is 421 g/mol. The third-order valence-corrected chi connectivity index (χ3v) is 3.49. The molecule has 0 fully saturated rings. The van der Waals surface area contributed by atoms with Crippen molar-refractivity contribution in [2.45, 2.75) is 59.4 Å². The minimum Gasteiger partial charge on any atom is -0.356 e. The Hall–Kier alpha value is -0.790. The van der Waals surface area contributed by atoms with E-state index in [9.17, 15) is 0 Å². The molecule has 0 aliphatic heterocycles. The Kier molecular flexibility index (Phi) is 12.3. The second kappa shape index (κ2) is 12.7. The molecule has 0 saturated carbocycles. The van der Waals surface area contributed by atoms with E-state index in [-0.39, 0.29) is 24.0 Å². The normalized spacial score (nSPS) is 11.2. The summed E-state index contributed by atoms with van der Waals surface area (Å²) in [5.41, 5.74) is 2.32. The molecule has 1 rings (SSSR count). The smallest absolute Gasteiger partial charge is 0.190 e. The van der Waals surface area contributed by atoms with Gasteiger partial charge in [0.05, 0.1) is 5.69 Å². The largest absolute Gasteiger partial charge is 0.356 e. The molecule has 0 amide bonds. The lowest BCUT2D eigenvalue weighted by Crippen LogP contribution is -2.38. The van der Waals surface area contributed by atoms with E-state index in [0.717, 1.165) is 37.7 Å². The van der Waals surface area contributed by atoms with Crippen molar-refractivity contribution >= 4 is 29.9 Å². The lowest BCUT2D eigenvalue weighted by molar-refractivity contribution is 0.554. The minimum atomic E-state index is 0. The molecular weight excluding hydrogens is 389 g/mol. The molecule has 1 aromatic rings. The van der Waals surface area contributed by atoms with Crippen LogP contribution in [0.15, 0.2) is 11.1 Å². The zero-order valence-electron chi connectivity index (χ0n) is 14.5. The zero-order chi connectivity index (χ0) is 15.5. The maximum Gasteiger partial charge on any atom is 0.190 e. The quantitative estimate of drug-likeness (QED) is 0.279. The zero-order valence-corrected chi connectivity index (χ0v) is 16.8. The van der Waals surface area contributed by atoms with Gasteiger partial charge in [-0.3, -0.25) is 9.67 Å². The van der Waals surface area contributed by atoms with Crippen LogP contribution in [0.3, 0.4) is 0 Å². The lowest BCUT2D eigenvalue weighted by Gasteiger charge is -2.12. The van der Waals surface area contributed by atoms with Crippen LogP contribution in [0, 0.1) is 13.8 Å². The molecule has 1 heterocycles. The summed E-state index contributed by atoms with van der Waals surface area (Å²) in [7, 11) is 1.82. The first kappa shape index (κ1) is 21.2. The Morgan fingerprint density at radius 1 is 1.14 bits per heavy atom. The van der Waals surface area contributed by atoms with Crippen LogP contribution < -0.4 is 10.6 Å². The number of nitrogens with one attached hydrogen (secondary N) is 2. The van der Waals surface area contributed by atoms with Crippen molar-refractivity contribution in [1.82, 2.24) is 20.4 Å². The number of aliphatic imine (C=N–C) groups is 1. The van der Waals surface area contributed by atoms with Crippen molar-refractivity contribution in [2.24, 2.45) is 4.99 Å². The van der Waals surface area contributed by atoms with Crippen molar-refractivity contribution < 1.29 is 0 Å². The van der Waals surface area contributed by atoms with Crippen LogP contribution in [0.25, 0.3) is 0 Å². The highest BCUT2D eigenvalue weighted by Crippen LogP contribution is 2.02. The van der Waals surface area contributed by atoms with Gasteiger partial charge in [0.1, 0.15) is 0 Å². The maximum atomic E-state index is 4.47. The molecule has 0 aromatic carbocycles. The van der Waals surface area contributed by atoms with E-state index in [1.54, 1.807) is 0 Å². The first-order valence-electron chi connectivity index (χ1n) is 8.13. The van der Waals surface area contributed by atoms with E-state index in [1.807, 2.05) is 14.0 Å². The van der Waals surface area contributed by atoms with Gasteiger partial charge in [0.2, 0.25) is 0 Å². The summed E-state index contributed by atoms with van der Waals surface area (Å²) >= 11 is 0. The standard InChI is InChI=1S/C16H31N5.HI/c1-5-6-7-8-10-18-16(17-4)19-11-9-12-21-15(3)13-14(2)20-21;/h13H,5-12H2,1-4H3,(H2,17,18,19);1H. The van der Waals surface area contributed by atoms with Gasteiger partial charge in [-0.15, -0.1) is 24.0 Å². The summed E-state index contributed by atoms with van der Waals surface area (Å²) in [6, 6.07) is 2.12. The highest BCUT2D eigenvalue weighted by molar-refractivity contribution is 14.0. The third-order valence-electron chi connectivity index (χ3n) is 3.49. The second-order valence-corrected chi connectivity index (χ2v) is 5.49. The average molecular weight is 421 g/mol. The van der Waals surface area contributed by atoms with E-state index >= 15 is 0 Å². The summed E-state index contributed by atoms with van der Waals surface area (Å²) < 4.78 is 2.07. The number of aromatic nitrogens is 2. The fraction of sp³-hybridized carbons (Fsp3) is 0.750. The van der Waals surface area contributed by atoms with Crippen molar-refractivity contribution in [3.63, 3.8) is 0 Å². The van der Waals surface area contributed by atoms with Crippen molar-refractivity contribution in [3.8, 4) is 0 Å².